The summed E-state index contributed by atoms with van der Waals surface area (Å²) < 4.78 is 166. The van der Waals surface area contributed by atoms with Crippen LogP contribution in [0.5, 0.6) is 23.5 Å². The molecule has 20 nitrogen and oxygen atoms in total. The molecule has 13 rings (SSSR count). The molecule has 10 aromatic heterocycles. The van der Waals surface area contributed by atoms with E-state index in [4.69, 9.17) is 33.9 Å². The van der Waals surface area contributed by atoms with E-state index in [0.29, 0.717) is 59.9 Å². The molecule has 3 aliphatic rings. The number of nitrogens with one attached hydrogen (secondary N) is 1. The molecule has 0 aliphatic heterocycles. The highest BCUT2D eigenvalue weighted by Gasteiger charge is 2.40. The molecule has 84 heavy (non-hydrogen) atoms. The van der Waals surface area contributed by atoms with Crippen LogP contribution in [0.2, 0.25) is 0 Å². The maximum Gasteiger partial charge on any atom is 0.434 e. The summed E-state index contributed by atoms with van der Waals surface area (Å²) in [5.74, 6) is -3.08. The minimum absolute atomic E-state index is 0.00683. The van der Waals surface area contributed by atoms with Crippen LogP contribution in [0.25, 0.3) is 67.9 Å². The number of aromatic nitrogens is 16. The highest BCUT2D eigenvalue weighted by atomic mass is 19.4. The van der Waals surface area contributed by atoms with Crippen molar-refractivity contribution in [3.05, 3.63) is 125 Å². The first kappa shape index (κ1) is 53.8. The molecule has 3 fully saturated rings. The first-order valence-corrected chi connectivity index (χ1v) is 26.0. The smallest absolute Gasteiger partial charge is 0.434 e. The second kappa shape index (κ2) is 21.0. The normalized spacial score (nSPS) is 14.7. The topological polar surface area (TPSA) is 230 Å². The van der Waals surface area contributed by atoms with Crippen LogP contribution in [0.15, 0.2) is 74.0 Å². The zero-order chi connectivity index (χ0) is 58.2. The van der Waals surface area contributed by atoms with Crippen molar-refractivity contribution in [1.82, 2.24) is 78.9 Å². The van der Waals surface area contributed by atoms with Gasteiger partial charge in [-0.3, -0.25) is 0 Å². The maximum atomic E-state index is 15.8. The van der Waals surface area contributed by atoms with Gasteiger partial charge in [-0.25, -0.2) is 63.6 Å². The zero-order valence-electron chi connectivity index (χ0n) is 43.4. The minimum atomic E-state index is -4.78. The van der Waals surface area contributed by atoms with Crippen molar-refractivity contribution in [2.45, 2.75) is 95.0 Å². The molecule has 1 N–H and O–H groups in total. The highest BCUT2D eigenvalue weighted by molar-refractivity contribution is 5.85. The summed E-state index contributed by atoms with van der Waals surface area (Å²) >= 11 is 0. The van der Waals surface area contributed by atoms with Gasteiger partial charge in [0.2, 0.25) is 23.5 Å². The Bertz CT molecular complexity index is 4180. The van der Waals surface area contributed by atoms with Crippen molar-refractivity contribution in [2.24, 2.45) is 7.05 Å². The molecule has 0 amide bonds. The van der Waals surface area contributed by atoms with Gasteiger partial charge in [-0.15, -0.1) is 0 Å². The van der Waals surface area contributed by atoms with E-state index in [1.165, 1.54) is 36.5 Å². The van der Waals surface area contributed by atoms with Crippen molar-refractivity contribution < 1.29 is 62.9 Å². The molecule has 430 valence electrons. The van der Waals surface area contributed by atoms with Gasteiger partial charge in [0.15, 0.2) is 52.0 Å². The third-order valence-corrected chi connectivity index (χ3v) is 13.9. The Morgan fingerprint density at radius 3 is 1.85 bits per heavy atom. The number of ether oxygens (including phenoxy) is 4. The van der Waals surface area contributed by atoms with Gasteiger partial charge in [0.05, 0.1) is 28.9 Å². The molecule has 10 heterocycles. The molecule has 0 aromatic carbocycles. The number of aromatic amines is 1. The molecule has 10 aromatic rings. The maximum absolute atomic E-state index is 15.8. The van der Waals surface area contributed by atoms with Gasteiger partial charge < -0.3 is 33.1 Å². The Balaban J connectivity index is 0.785. The molecule has 0 bridgehead atoms. The summed E-state index contributed by atoms with van der Waals surface area (Å²) in [6, 6.07) is 6.87. The fourth-order valence-corrected chi connectivity index (χ4v) is 9.51. The van der Waals surface area contributed by atoms with Crippen LogP contribution >= 0.6 is 0 Å². The van der Waals surface area contributed by atoms with Crippen molar-refractivity contribution in [2.75, 3.05) is 6.61 Å². The van der Waals surface area contributed by atoms with Crippen LogP contribution in [0.1, 0.15) is 96.0 Å². The third-order valence-electron chi connectivity index (χ3n) is 13.9. The van der Waals surface area contributed by atoms with Crippen LogP contribution < -0.4 is 18.9 Å². The molecule has 3 aliphatic carbocycles. The average Bonchev–Trinajstić information content (AvgIpc) is 4.35. The van der Waals surface area contributed by atoms with E-state index < -0.39 is 60.2 Å². The third kappa shape index (κ3) is 10.9. The summed E-state index contributed by atoms with van der Waals surface area (Å²) in [5.41, 5.74) is -0.257. The van der Waals surface area contributed by atoms with Gasteiger partial charge in [-0.1, -0.05) is 0 Å². The van der Waals surface area contributed by atoms with Gasteiger partial charge >= 0.3 is 19.0 Å². The summed E-state index contributed by atoms with van der Waals surface area (Å²) in [7, 11) is 1.27. The Labute approximate surface area is 465 Å². The molecule has 30 heteroatoms. The predicted molar refractivity (Wildman–Crippen MR) is 272 cm³/mol. The van der Waals surface area contributed by atoms with Gasteiger partial charge in [0, 0.05) is 79.2 Å². The Morgan fingerprint density at radius 2 is 1.23 bits per heavy atom. The van der Waals surface area contributed by atoms with Crippen molar-refractivity contribution in [3.8, 4) is 69.3 Å². The molecule has 0 spiro atoms. The molecule has 3 saturated carbocycles. The lowest BCUT2D eigenvalue weighted by molar-refractivity contribution is -0.141. The van der Waals surface area contributed by atoms with Gasteiger partial charge in [-0.05, 0) is 68.9 Å². The first-order chi connectivity index (χ1) is 40.4. The largest absolute Gasteiger partial charge is 0.477 e. The van der Waals surface area contributed by atoms with E-state index in [9.17, 15) is 35.1 Å². The van der Waals surface area contributed by atoms with Gasteiger partial charge in [-0.2, -0.15) is 45.1 Å². The number of halogens is 10. The Hall–Kier alpha value is -9.51. The van der Waals surface area contributed by atoms with Crippen molar-refractivity contribution in [3.63, 3.8) is 0 Å². The summed E-state index contributed by atoms with van der Waals surface area (Å²) in [5, 5.41) is 0.396. The van der Waals surface area contributed by atoms with Crippen molar-refractivity contribution in [1.29, 1.82) is 0 Å². The van der Waals surface area contributed by atoms with Crippen LogP contribution in [0, 0.1) is 11.6 Å². The fourth-order valence-electron chi connectivity index (χ4n) is 9.51. The van der Waals surface area contributed by atoms with E-state index in [1.807, 2.05) is 0 Å². The zero-order valence-corrected chi connectivity index (χ0v) is 43.4. The van der Waals surface area contributed by atoms with Gasteiger partial charge in [0.25, 0.3) is 0 Å². The molecular formula is C54H40F10N16O4. The number of pyridine rings is 3. The summed E-state index contributed by atoms with van der Waals surface area (Å²) in [6.07, 6.45) is 2.93. The number of fused-ring (bicyclic) bond motifs is 2. The monoisotopic (exact) mass is 1170 g/mol. The van der Waals surface area contributed by atoms with E-state index in [2.05, 4.69) is 54.8 Å². The SMILES string of the molecule is Cn1cc(C(F)(F)F)nc1-c1ncc(COc2nc(-c3c(OC(F)F)ncnc3C3CC3)nc3cc(CCOc4ncnc(C5CC5)c4-c4nc(OCc5cnc(-c6nc(C(F)(F)F)cn6C6CC6)c(F)c5)c5cccnc5n4)[nH]c23)cc1F. The lowest BCUT2D eigenvalue weighted by Crippen LogP contribution is -2.09. The number of rotatable bonds is 19. The second-order valence-electron chi connectivity index (χ2n) is 20.1. The molecule has 0 radical (unpaired) electrons. The van der Waals surface area contributed by atoms with Crippen LogP contribution in [0.3, 0.4) is 0 Å². The molecule has 0 saturated heterocycles. The lowest BCUT2D eigenvalue weighted by atomic mass is 10.1. The first-order valence-electron chi connectivity index (χ1n) is 26.0. The summed E-state index contributed by atoms with van der Waals surface area (Å²) in [4.78, 5) is 59.5. The van der Waals surface area contributed by atoms with E-state index in [-0.39, 0.29) is 118 Å². The van der Waals surface area contributed by atoms with Crippen LogP contribution in [0.4, 0.5) is 43.9 Å². The van der Waals surface area contributed by atoms with Crippen LogP contribution in [-0.4, -0.2) is 92.1 Å². The quantitative estimate of drug-likeness (QED) is 0.0742. The molecular weight excluding hydrogens is 1130 g/mol. The Morgan fingerprint density at radius 1 is 0.631 bits per heavy atom. The average molecular weight is 1170 g/mol. The highest BCUT2D eigenvalue weighted by Crippen LogP contribution is 2.48. The summed E-state index contributed by atoms with van der Waals surface area (Å²) in [6.45, 7) is -3.98. The number of aryl methyl sites for hydroxylation is 1. The fraction of sp³-hybridized carbons (Fsp3) is 0.315. The number of hydrogen-bond acceptors (Lipinski definition) is 17. The molecule has 0 unspecified atom stereocenters. The van der Waals surface area contributed by atoms with Gasteiger partial charge in [0.1, 0.15) is 53.9 Å². The van der Waals surface area contributed by atoms with Crippen molar-refractivity contribution >= 4 is 22.1 Å². The second-order valence-corrected chi connectivity index (χ2v) is 20.1. The number of imidazole rings is 2. The van der Waals surface area contributed by atoms with E-state index in [0.717, 1.165) is 42.1 Å². The number of nitrogens with zero attached hydrogens (tertiary/aromatic N) is 15. The number of alkyl halides is 8. The number of hydrogen-bond donors (Lipinski definition) is 1. The standard InChI is InChI=1S/C54H40F10N16O4/c1-79-18-34(53(59,60)61)74-46(79)40-31(55)13-25(16-66-40)21-83-51-42-33(73-44(78-51)37-39(27-6-7-27)69-23-71-50(37)84-52(57)58)15-28(72-42)10-12-81-49-36(38(26-4-5-26)68-22-70-49)45-76-43-30(3-2-11-65-43)48(77-45)82-20-24-14-32(56)41(67-17-24)47-75-35(54(62,63)64)19-80(47)29-8-9-29/h2-3,11,13-19,22-23,26-27,29,52,72H,4-10,12,20-21H2,1H3. The molecule has 0 atom stereocenters. The number of H-pyrrole nitrogens is 1. The van der Waals surface area contributed by atoms with E-state index in [1.54, 1.807) is 18.2 Å². The van der Waals surface area contributed by atoms with E-state index >= 15 is 8.78 Å². The van der Waals surface area contributed by atoms with Crippen LogP contribution in [-0.2, 0) is 39.0 Å². The predicted octanol–water partition coefficient (Wildman–Crippen LogP) is 11.1. The minimum Gasteiger partial charge on any atom is -0.477 e. The lowest BCUT2D eigenvalue weighted by Gasteiger charge is -2.15. The Kier molecular flexibility index (Phi) is 13.5.